The maximum Gasteiger partial charge on any atom is 0.0876 e. The van der Waals surface area contributed by atoms with Crippen LogP contribution < -0.4 is 0 Å². The van der Waals surface area contributed by atoms with Crippen LogP contribution in [0, 0.1) is 6.07 Å². The van der Waals surface area contributed by atoms with Gasteiger partial charge < -0.3 is 0 Å². The Labute approximate surface area is 168 Å². The first-order valence-electron chi connectivity index (χ1n) is 7.98. The summed E-state index contributed by atoms with van der Waals surface area (Å²) >= 11 is 1.61. The Balaban J connectivity index is 0.000000948. The first-order valence-corrected chi connectivity index (χ1v) is 10.8. The number of nitrogens with zero attached hydrogens (tertiary/aromatic N) is 2. The average molecular weight is 538 g/mol. The number of rotatable bonds is 3. The molecule has 4 aromatic rings. The molecule has 0 aliphatic carbocycles. The molecule has 2 nitrogen and oxygen atoms in total. The van der Waals surface area contributed by atoms with E-state index in [2.05, 4.69) is 44.7 Å². The fourth-order valence-corrected chi connectivity index (χ4v) is 2.66. The predicted octanol–water partition coefficient (Wildman–Crippen LogP) is 5.96. The number of hydrogen-bond donors (Lipinski definition) is 0. The number of hydrogen-bond acceptors (Lipinski definition) is 2. The summed E-state index contributed by atoms with van der Waals surface area (Å²) < 4.78 is 0. The predicted molar refractivity (Wildman–Crippen MR) is 103 cm³/mol. The van der Waals surface area contributed by atoms with Crippen molar-refractivity contribution in [2.24, 2.45) is 0 Å². The van der Waals surface area contributed by atoms with Crippen LogP contribution in [-0.4, -0.2) is 9.97 Å². The van der Waals surface area contributed by atoms with Crippen LogP contribution in [0.25, 0.3) is 33.8 Å². The van der Waals surface area contributed by atoms with Gasteiger partial charge in [0.05, 0.1) is 11.4 Å². The maximum atomic E-state index is 4.81. The summed E-state index contributed by atoms with van der Waals surface area (Å²) in [4.78, 5) is 9.25. The largest absolute Gasteiger partial charge is 0.295 e. The van der Waals surface area contributed by atoms with Gasteiger partial charge in [-0.3, -0.25) is 9.97 Å². The zero-order chi connectivity index (χ0) is 18.2. The van der Waals surface area contributed by atoms with Gasteiger partial charge in [-0.15, -0.1) is 35.9 Å². The van der Waals surface area contributed by atoms with Gasteiger partial charge in [-0.2, -0.15) is 0 Å². The normalized spacial score (nSPS) is 9.96. The summed E-state index contributed by atoms with van der Waals surface area (Å²) in [5.41, 5.74) is 5.90. The van der Waals surface area contributed by atoms with Gasteiger partial charge >= 0.3 is 28.2 Å². The van der Waals surface area contributed by atoms with E-state index in [9.17, 15) is 0 Å². The molecule has 26 heavy (non-hydrogen) atoms. The second-order valence-electron chi connectivity index (χ2n) is 5.48. The van der Waals surface area contributed by atoms with Crippen molar-refractivity contribution >= 4 is 9.42 Å². The van der Waals surface area contributed by atoms with Crippen LogP contribution in [0.4, 0.5) is 0 Å². The number of aromatic nitrogens is 2. The van der Waals surface area contributed by atoms with Crippen molar-refractivity contribution in [1.82, 2.24) is 9.97 Å². The van der Waals surface area contributed by atoms with E-state index in [0.29, 0.717) is 0 Å². The second-order valence-corrected chi connectivity index (χ2v) is 5.48. The molecule has 0 radical (unpaired) electrons. The van der Waals surface area contributed by atoms with Crippen LogP contribution in [0.5, 0.6) is 0 Å². The smallest absolute Gasteiger partial charge is 0.0876 e. The molecular weight excluding hydrogens is 523 g/mol. The third-order valence-electron chi connectivity index (χ3n) is 3.84. The minimum absolute atomic E-state index is 0.865. The summed E-state index contributed by atoms with van der Waals surface area (Å²) in [6, 6.07) is 31.6. The molecule has 0 bridgehead atoms. The van der Waals surface area contributed by atoms with E-state index in [4.69, 9.17) is 4.98 Å². The van der Waals surface area contributed by atoms with E-state index >= 15 is 0 Å². The Kier molecular flexibility index (Phi) is 6.71. The van der Waals surface area contributed by atoms with Crippen molar-refractivity contribution in [3.8, 4) is 33.8 Å². The van der Waals surface area contributed by atoms with Crippen molar-refractivity contribution in [2.75, 3.05) is 0 Å². The van der Waals surface area contributed by atoms with Crippen molar-refractivity contribution in [3.63, 3.8) is 0 Å². The Morgan fingerprint density at radius 1 is 0.692 bits per heavy atom. The molecule has 2 aromatic carbocycles. The summed E-state index contributed by atoms with van der Waals surface area (Å²) in [6.45, 7) is 0. The Bertz CT molecular complexity index is 806. The molecule has 0 atom stereocenters. The summed E-state index contributed by atoms with van der Waals surface area (Å²) in [7, 11) is 4.61. The van der Waals surface area contributed by atoms with Crippen LogP contribution in [0.3, 0.4) is 0 Å². The third kappa shape index (κ3) is 4.46. The SMILES string of the molecule is [Cl][Pt+].[c-]1ccccc1-c1cc(-c2ccccc2)cc(-c2ccccn2)n1. The van der Waals surface area contributed by atoms with E-state index in [1.165, 1.54) is 0 Å². The van der Waals surface area contributed by atoms with E-state index in [1.54, 1.807) is 25.0 Å². The molecule has 0 aliphatic heterocycles. The Morgan fingerprint density at radius 3 is 2.12 bits per heavy atom. The van der Waals surface area contributed by atoms with Crippen molar-refractivity contribution in [1.29, 1.82) is 0 Å². The van der Waals surface area contributed by atoms with Gasteiger partial charge in [0.15, 0.2) is 0 Å². The van der Waals surface area contributed by atoms with Gasteiger partial charge in [0.25, 0.3) is 0 Å². The summed E-state index contributed by atoms with van der Waals surface area (Å²) in [5.74, 6) is 0. The molecule has 0 N–H and O–H groups in total. The minimum Gasteiger partial charge on any atom is -0.295 e. The molecule has 0 unspecified atom stereocenters. The van der Waals surface area contributed by atoms with Crippen LogP contribution in [0.1, 0.15) is 0 Å². The third-order valence-corrected chi connectivity index (χ3v) is 3.84. The fraction of sp³-hybridized carbons (Fsp3) is 0. The van der Waals surface area contributed by atoms with Crippen LogP contribution in [0.2, 0.25) is 0 Å². The van der Waals surface area contributed by atoms with Crippen molar-refractivity contribution in [3.05, 3.63) is 97.2 Å². The standard InChI is InChI=1S/C22H15N2.ClH.Pt/c1-3-9-17(10-4-1)19-15-21(18-11-5-2-6-12-18)24-22(16-19)20-13-7-8-14-23-20;;/h1-11,13-16H;1H;/q-1;;+2/p-1. The quantitative estimate of drug-likeness (QED) is 0.301. The molecule has 0 saturated heterocycles. The molecule has 0 spiro atoms. The van der Waals surface area contributed by atoms with E-state index in [1.807, 2.05) is 60.7 Å². The zero-order valence-electron chi connectivity index (χ0n) is 13.7. The van der Waals surface area contributed by atoms with E-state index < -0.39 is 0 Å². The molecular formula is C22H15ClN2Pt. The summed E-state index contributed by atoms with van der Waals surface area (Å²) in [5, 5.41) is 0. The van der Waals surface area contributed by atoms with Crippen LogP contribution in [0.15, 0.2) is 91.1 Å². The molecule has 0 amide bonds. The molecule has 2 heterocycles. The zero-order valence-corrected chi connectivity index (χ0v) is 16.8. The topological polar surface area (TPSA) is 25.8 Å². The van der Waals surface area contributed by atoms with Gasteiger partial charge in [0.2, 0.25) is 0 Å². The van der Waals surface area contributed by atoms with Crippen molar-refractivity contribution in [2.45, 2.75) is 0 Å². The van der Waals surface area contributed by atoms with Crippen molar-refractivity contribution < 1.29 is 18.8 Å². The number of halogens is 1. The van der Waals surface area contributed by atoms with Gasteiger partial charge in [-0.25, -0.2) is 0 Å². The fourth-order valence-electron chi connectivity index (χ4n) is 2.66. The molecule has 4 heteroatoms. The molecule has 0 fully saturated rings. The number of pyridine rings is 2. The maximum absolute atomic E-state index is 4.81. The molecule has 4 rings (SSSR count). The Morgan fingerprint density at radius 2 is 1.42 bits per heavy atom. The summed E-state index contributed by atoms with van der Waals surface area (Å²) in [6.07, 6.45) is 1.79. The van der Waals surface area contributed by atoms with E-state index in [0.717, 1.165) is 33.8 Å². The number of benzene rings is 2. The average Bonchev–Trinajstić information content (AvgIpc) is 2.77. The van der Waals surface area contributed by atoms with Gasteiger partial charge in [-0.05, 0) is 35.0 Å². The first-order chi connectivity index (χ1) is 12.9. The van der Waals surface area contributed by atoms with Crippen LogP contribution in [-0.2, 0) is 18.8 Å². The molecule has 130 valence electrons. The van der Waals surface area contributed by atoms with Crippen LogP contribution >= 0.6 is 9.42 Å². The molecule has 0 aliphatic rings. The Hall–Kier alpha value is -2.28. The first kappa shape index (κ1) is 18.5. The van der Waals surface area contributed by atoms with E-state index in [-0.39, 0.29) is 0 Å². The second kappa shape index (κ2) is 9.43. The molecule has 0 saturated carbocycles. The van der Waals surface area contributed by atoms with Gasteiger partial charge in [0, 0.05) is 6.20 Å². The minimum atomic E-state index is 0.865. The van der Waals surface area contributed by atoms with Gasteiger partial charge in [0.1, 0.15) is 0 Å². The molecule has 2 aromatic heterocycles. The van der Waals surface area contributed by atoms with Gasteiger partial charge in [-0.1, -0.05) is 42.5 Å². The monoisotopic (exact) mass is 537 g/mol.